The fraction of sp³-hybridized carbons (Fsp3) is 0.500. The van der Waals surface area contributed by atoms with Crippen LogP contribution in [0.3, 0.4) is 0 Å². The van der Waals surface area contributed by atoms with Crippen molar-refractivity contribution in [2.24, 2.45) is 0 Å². The zero-order valence-corrected chi connectivity index (χ0v) is 16.7. The number of hydrogen-bond acceptors (Lipinski definition) is 19. The second-order valence-corrected chi connectivity index (χ2v) is 6.39. The topological polar surface area (TPSA) is 406 Å². The fourth-order valence-electron chi connectivity index (χ4n) is 0.0577. The third-order valence-electron chi connectivity index (χ3n) is 0.421. The SMILES string of the molecule is O=P([O-])([O-])[O-].O=P([O-])([O-])[O-].O=P([O-])([O-])[O-].O=P([O-])([O-])[O-].OCC(O)CO.[C+4].[C+4].[C+4]. The first-order chi connectivity index (χ1) is 10.8. The van der Waals surface area contributed by atoms with Gasteiger partial charge < -0.3 is 92.3 Å². The molecular weight excluding hydrogens is 500 g/mol. The zero-order valence-electron chi connectivity index (χ0n) is 13.2. The van der Waals surface area contributed by atoms with Gasteiger partial charge >= 0.3 is 22.3 Å². The van der Waals surface area contributed by atoms with Gasteiger partial charge in [0, 0.05) is 0 Å². The largest absolute Gasteiger partial charge is 4.00 e. The minimum atomic E-state index is -5.39. The van der Waals surface area contributed by atoms with Gasteiger partial charge in [-0.3, -0.25) is 0 Å². The molecule has 0 aliphatic rings. The van der Waals surface area contributed by atoms with Gasteiger partial charge in [-0.2, -0.15) is 31.3 Å². The van der Waals surface area contributed by atoms with E-state index in [1.165, 1.54) is 0 Å². The Morgan fingerprint density at radius 3 is 0.552 bits per heavy atom. The molecule has 0 atom stereocenters. The molecule has 19 nitrogen and oxygen atoms in total. The number of aliphatic hydroxyl groups excluding tert-OH is 3. The standard InChI is InChI=1S/C3H8O3.3C.4H3O4P/c4-1-3(6)2-5;;;;4*1-5(2,3)4/h3-6H,1-2H2;;;;4*(H3,1,2,3,4)/q;3*+4;;;;/p-12. The number of phosphoric acid groups is 4. The Kier molecular flexibility index (Phi) is 43.9. The minimum Gasteiger partial charge on any atom is -0.822 e. The molecule has 0 bridgehead atoms. The molecule has 0 fully saturated rings. The van der Waals surface area contributed by atoms with E-state index in [1.54, 1.807) is 0 Å². The van der Waals surface area contributed by atoms with Crippen LogP contribution in [0.4, 0.5) is 0 Å². The van der Waals surface area contributed by atoms with Crippen molar-refractivity contribution in [2.75, 3.05) is 13.2 Å². The van der Waals surface area contributed by atoms with E-state index in [9.17, 15) is 0 Å². The summed E-state index contributed by atoms with van der Waals surface area (Å²) in [6, 6.07) is 0. The minimum absolute atomic E-state index is 0. The van der Waals surface area contributed by atoms with Gasteiger partial charge in [-0.15, -0.1) is 0 Å². The van der Waals surface area contributed by atoms with Crippen molar-refractivity contribution in [1.82, 2.24) is 0 Å². The third kappa shape index (κ3) is 1050. The number of rotatable bonds is 2. The Balaban J connectivity index is -0.0000000309. The van der Waals surface area contributed by atoms with Gasteiger partial charge in [-0.25, -0.2) is 0 Å². The summed E-state index contributed by atoms with van der Waals surface area (Å²) in [6.45, 7) is -0.729. The number of aliphatic hydroxyl groups is 3. The van der Waals surface area contributed by atoms with E-state index in [4.69, 9.17) is 92.3 Å². The van der Waals surface area contributed by atoms with Crippen LogP contribution in [0.1, 0.15) is 0 Å². The number of hydrogen-bond donors (Lipinski definition) is 3. The average Bonchev–Trinajstić information content (AvgIpc) is 2.18. The maximum absolute atomic E-state index is 8.55. The first-order valence-electron chi connectivity index (χ1n) is 4.63. The van der Waals surface area contributed by atoms with Crippen LogP contribution in [0.25, 0.3) is 0 Å². The van der Waals surface area contributed by atoms with Crippen molar-refractivity contribution >= 4 is 31.3 Å². The summed E-state index contributed by atoms with van der Waals surface area (Å²) in [5, 5.41) is 24.0. The zero-order chi connectivity index (χ0) is 23.0. The Morgan fingerprint density at radius 1 is 0.483 bits per heavy atom. The van der Waals surface area contributed by atoms with Crippen LogP contribution >= 0.6 is 31.3 Å². The van der Waals surface area contributed by atoms with Crippen LogP contribution in [-0.4, -0.2) is 34.6 Å². The summed E-state index contributed by atoms with van der Waals surface area (Å²) in [5.74, 6) is 0. The molecule has 0 spiro atoms. The molecule has 0 aromatic heterocycles. The molecule has 23 heteroatoms. The summed E-state index contributed by atoms with van der Waals surface area (Å²) in [6.07, 6.45) is -0.954. The van der Waals surface area contributed by atoms with Gasteiger partial charge in [0.1, 0.15) is 6.10 Å². The Labute approximate surface area is 166 Å². The van der Waals surface area contributed by atoms with Gasteiger partial charge in [-0.1, -0.05) is 0 Å². The van der Waals surface area contributed by atoms with Gasteiger partial charge in [0.05, 0.1) is 13.2 Å². The average molecular weight is 508 g/mol. The van der Waals surface area contributed by atoms with E-state index < -0.39 is 37.4 Å². The quantitative estimate of drug-likeness (QED) is 0.291. The molecule has 0 aliphatic heterocycles. The van der Waals surface area contributed by atoms with Crippen LogP contribution in [0, 0.1) is 22.3 Å². The van der Waals surface area contributed by atoms with E-state index in [0.717, 1.165) is 0 Å². The Hall–Kier alpha value is 0.320. The Morgan fingerprint density at radius 2 is 0.552 bits per heavy atom. The smallest absolute Gasteiger partial charge is 0.822 e. The van der Waals surface area contributed by atoms with E-state index in [-0.39, 0.29) is 35.5 Å². The molecule has 0 saturated carbocycles. The van der Waals surface area contributed by atoms with Crippen molar-refractivity contribution in [3.8, 4) is 0 Å². The molecule has 0 aliphatic carbocycles. The van der Waals surface area contributed by atoms with Crippen LogP contribution < -0.4 is 58.7 Å². The predicted octanol–water partition coefficient (Wildman–Crippen LogP) is -12.7. The van der Waals surface area contributed by atoms with Gasteiger partial charge in [0.2, 0.25) is 0 Å². The summed E-state index contributed by atoms with van der Waals surface area (Å²) < 4.78 is 34.2. The molecule has 3 N–H and O–H groups in total. The van der Waals surface area contributed by atoms with E-state index in [1.807, 2.05) is 0 Å². The first-order valence-corrected chi connectivity index (χ1v) is 10.5. The van der Waals surface area contributed by atoms with Gasteiger partial charge in [0.15, 0.2) is 0 Å². The molecular formula is C6H8O19P4. The first kappa shape index (κ1) is 51.7. The molecule has 0 amide bonds. The van der Waals surface area contributed by atoms with Crippen molar-refractivity contribution in [3.63, 3.8) is 0 Å². The summed E-state index contributed by atoms with van der Waals surface area (Å²) in [5.41, 5.74) is 0. The molecule has 0 unspecified atom stereocenters. The van der Waals surface area contributed by atoms with E-state index in [2.05, 4.69) is 0 Å². The molecule has 29 heavy (non-hydrogen) atoms. The molecule has 0 rings (SSSR count). The van der Waals surface area contributed by atoms with Crippen molar-refractivity contribution in [3.05, 3.63) is 22.3 Å². The predicted molar refractivity (Wildman–Crippen MR) is 60.3 cm³/mol. The van der Waals surface area contributed by atoms with Crippen LogP contribution in [0.2, 0.25) is 0 Å². The maximum atomic E-state index is 8.55. The van der Waals surface area contributed by atoms with E-state index >= 15 is 0 Å². The fourth-order valence-corrected chi connectivity index (χ4v) is 0.0577. The third-order valence-corrected chi connectivity index (χ3v) is 0.421. The van der Waals surface area contributed by atoms with Crippen LogP contribution in [0.5, 0.6) is 0 Å². The normalized spacial score (nSPS) is 10.2. The van der Waals surface area contributed by atoms with Gasteiger partial charge in [0.25, 0.3) is 0 Å². The maximum Gasteiger partial charge on any atom is 4.00 e. The molecule has 0 aromatic carbocycles. The van der Waals surface area contributed by atoms with Crippen molar-refractivity contribution in [2.45, 2.75) is 6.10 Å². The molecule has 0 heterocycles. The molecule has 0 radical (unpaired) electrons. The van der Waals surface area contributed by atoms with Gasteiger partial charge in [-0.05, 0) is 0 Å². The summed E-state index contributed by atoms with van der Waals surface area (Å²) in [7, 11) is -21.6. The van der Waals surface area contributed by atoms with Crippen molar-refractivity contribution in [1.29, 1.82) is 0 Å². The summed E-state index contributed by atoms with van der Waals surface area (Å²) in [4.78, 5) is 103. The monoisotopic (exact) mass is 508 g/mol. The van der Waals surface area contributed by atoms with Crippen molar-refractivity contribution < 1.29 is 92.3 Å². The van der Waals surface area contributed by atoms with Crippen LogP contribution in [0.15, 0.2) is 0 Å². The molecule has 0 aromatic rings. The summed E-state index contributed by atoms with van der Waals surface area (Å²) >= 11 is 0. The molecule has 166 valence electrons. The Bertz CT molecular complexity index is 366. The second kappa shape index (κ2) is 24.6. The second-order valence-electron chi connectivity index (χ2n) is 2.81. The molecule has 0 saturated heterocycles. The van der Waals surface area contributed by atoms with Crippen LogP contribution in [-0.2, 0) is 18.3 Å². The van der Waals surface area contributed by atoms with E-state index in [0.29, 0.717) is 0 Å².